The van der Waals surface area contributed by atoms with Crippen LogP contribution < -0.4 is 5.32 Å². The molecular weight excluding hydrogens is 292 g/mol. The largest absolute Gasteiger partial charge is 0.455 e. The Bertz CT molecular complexity index is 728. The summed E-state index contributed by atoms with van der Waals surface area (Å²) in [4.78, 5) is 23.4. The van der Waals surface area contributed by atoms with Gasteiger partial charge in [0.05, 0.1) is 18.1 Å². The van der Waals surface area contributed by atoms with E-state index in [0.717, 1.165) is 11.1 Å². The van der Waals surface area contributed by atoms with Crippen molar-refractivity contribution in [3.63, 3.8) is 0 Å². The Hall–Kier alpha value is -3.13. The molecule has 0 aliphatic heterocycles. The van der Waals surface area contributed by atoms with E-state index in [4.69, 9.17) is 10.00 Å². The van der Waals surface area contributed by atoms with Gasteiger partial charge in [0.15, 0.2) is 6.61 Å². The Labute approximate surface area is 134 Å². The molecule has 1 amide bonds. The van der Waals surface area contributed by atoms with E-state index in [0.29, 0.717) is 11.3 Å². The van der Waals surface area contributed by atoms with E-state index in [-0.39, 0.29) is 13.0 Å². The van der Waals surface area contributed by atoms with Crippen LogP contribution in [-0.4, -0.2) is 18.5 Å². The monoisotopic (exact) mass is 308 g/mol. The molecule has 0 unspecified atom stereocenters. The molecule has 0 atom stereocenters. The van der Waals surface area contributed by atoms with Crippen molar-refractivity contribution in [3.05, 3.63) is 65.2 Å². The van der Waals surface area contributed by atoms with Crippen molar-refractivity contribution in [3.8, 4) is 6.07 Å². The average molecular weight is 308 g/mol. The standard InChI is InChI=1S/C18H16N2O3/c1-13-2-4-14(5-3-13)10-18(22)23-12-17(21)20-16-8-6-15(11-19)7-9-16/h2-9H,10,12H2,1H3,(H,20,21). The molecule has 0 aliphatic carbocycles. The zero-order chi connectivity index (χ0) is 16.7. The van der Waals surface area contributed by atoms with Gasteiger partial charge in [0, 0.05) is 5.69 Å². The predicted molar refractivity (Wildman–Crippen MR) is 85.6 cm³/mol. The molecule has 116 valence electrons. The Balaban J connectivity index is 1.78. The molecule has 2 aromatic carbocycles. The second-order valence-electron chi connectivity index (χ2n) is 5.06. The van der Waals surface area contributed by atoms with Gasteiger partial charge >= 0.3 is 5.97 Å². The first-order valence-electron chi connectivity index (χ1n) is 7.08. The van der Waals surface area contributed by atoms with Crippen molar-refractivity contribution in [2.45, 2.75) is 13.3 Å². The number of ether oxygens (including phenoxy) is 1. The molecule has 0 spiro atoms. The molecule has 1 N–H and O–H groups in total. The normalized spacial score (nSPS) is 9.74. The minimum Gasteiger partial charge on any atom is -0.455 e. The number of benzene rings is 2. The smallest absolute Gasteiger partial charge is 0.310 e. The number of anilines is 1. The van der Waals surface area contributed by atoms with Gasteiger partial charge in [0.2, 0.25) is 0 Å². The third kappa shape index (κ3) is 5.29. The third-order valence-electron chi connectivity index (χ3n) is 3.13. The number of hydrogen-bond acceptors (Lipinski definition) is 4. The molecule has 5 nitrogen and oxygen atoms in total. The van der Waals surface area contributed by atoms with Gasteiger partial charge in [-0.25, -0.2) is 0 Å². The van der Waals surface area contributed by atoms with Crippen LogP contribution in [0.2, 0.25) is 0 Å². The Morgan fingerprint density at radius 2 is 1.74 bits per heavy atom. The highest BCUT2D eigenvalue weighted by Gasteiger charge is 2.09. The van der Waals surface area contributed by atoms with E-state index in [1.165, 1.54) is 0 Å². The number of esters is 1. The molecule has 0 heterocycles. The summed E-state index contributed by atoms with van der Waals surface area (Å²) in [5.74, 6) is -0.879. The lowest BCUT2D eigenvalue weighted by atomic mass is 10.1. The van der Waals surface area contributed by atoms with Crippen LogP contribution in [0, 0.1) is 18.3 Å². The number of aryl methyl sites for hydroxylation is 1. The molecule has 0 aliphatic rings. The zero-order valence-electron chi connectivity index (χ0n) is 12.7. The van der Waals surface area contributed by atoms with Crippen LogP contribution in [0.4, 0.5) is 5.69 Å². The quantitative estimate of drug-likeness (QED) is 0.861. The van der Waals surface area contributed by atoms with Crippen LogP contribution in [0.1, 0.15) is 16.7 Å². The lowest BCUT2D eigenvalue weighted by molar-refractivity contribution is -0.146. The lowest BCUT2D eigenvalue weighted by Crippen LogP contribution is -2.21. The number of amides is 1. The second-order valence-corrected chi connectivity index (χ2v) is 5.06. The predicted octanol–water partition coefficient (Wildman–Crippen LogP) is 2.59. The molecule has 0 aromatic heterocycles. The fraction of sp³-hybridized carbons (Fsp3) is 0.167. The number of nitriles is 1. The van der Waals surface area contributed by atoms with E-state index in [2.05, 4.69) is 5.32 Å². The summed E-state index contributed by atoms with van der Waals surface area (Å²) >= 11 is 0. The first-order valence-corrected chi connectivity index (χ1v) is 7.08. The first-order chi connectivity index (χ1) is 11.1. The van der Waals surface area contributed by atoms with E-state index in [1.807, 2.05) is 37.3 Å². The van der Waals surface area contributed by atoms with E-state index in [1.54, 1.807) is 24.3 Å². The number of carbonyl (C=O) groups is 2. The van der Waals surface area contributed by atoms with Crippen molar-refractivity contribution < 1.29 is 14.3 Å². The highest BCUT2D eigenvalue weighted by Crippen LogP contribution is 2.09. The molecule has 0 saturated carbocycles. The van der Waals surface area contributed by atoms with Gasteiger partial charge in [-0.05, 0) is 36.8 Å². The van der Waals surface area contributed by atoms with Crippen molar-refractivity contribution in [2.75, 3.05) is 11.9 Å². The summed E-state index contributed by atoms with van der Waals surface area (Å²) in [5, 5.41) is 11.3. The van der Waals surface area contributed by atoms with Gasteiger partial charge in [0.1, 0.15) is 0 Å². The van der Waals surface area contributed by atoms with Crippen LogP contribution in [0.5, 0.6) is 0 Å². The third-order valence-corrected chi connectivity index (χ3v) is 3.13. The van der Waals surface area contributed by atoms with Crippen LogP contribution in [0.25, 0.3) is 0 Å². The Morgan fingerprint density at radius 1 is 1.09 bits per heavy atom. The number of hydrogen-bond donors (Lipinski definition) is 1. The summed E-state index contributed by atoms with van der Waals surface area (Å²) in [6.45, 7) is 1.63. The van der Waals surface area contributed by atoms with E-state index < -0.39 is 11.9 Å². The van der Waals surface area contributed by atoms with E-state index in [9.17, 15) is 9.59 Å². The highest BCUT2D eigenvalue weighted by molar-refractivity contribution is 5.92. The number of rotatable bonds is 5. The molecule has 23 heavy (non-hydrogen) atoms. The van der Waals surface area contributed by atoms with Crippen molar-refractivity contribution in [1.29, 1.82) is 5.26 Å². The second kappa shape index (κ2) is 7.76. The molecule has 5 heteroatoms. The lowest BCUT2D eigenvalue weighted by Gasteiger charge is -2.07. The minimum atomic E-state index is -0.455. The van der Waals surface area contributed by atoms with Gasteiger partial charge in [-0.2, -0.15) is 5.26 Å². The van der Waals surface area contributed by atoms with Gasteiger partial charge < -0.3 is 10.1 Å². The minimum absolute atomic E-state index is 0.129. The summed E-state index contributed by atoms with van der Waals surface area (Å²) in [7, 11) is 0. The molecule has 2 rings (SSSR count). The van der Waals surface area contributed by atoms with Crippen molar-refractivity contribution >= 4 is 17.6 Å². The van der Waals surface area contributed by atoms with Gasteiger partial charge in [0.25, 0.3) is 5.91 Å². The maximum absolute atomic E-state index is 11.7. The van der Waals surface area contributed by atoms with Crippen molar-refractivity contribution in [1.82, 2.24) is 0 Å². The van der Waals surface area contributed by atoms with Gasteiger partial charge in [-0.3, -0.25) is 9.59 Å². The van der Waals surface area contributed by atoms with Crippen LogP contribution in [0.3, 0.4) is 0 Å². The Kier molecular flexibility index (Phi) is 5.48. The number of carbonyl (C=O) groups excluding carboxylic acids is 2. The topological polar surface area (TPSA) is 79.2 Å². The molecule has 0 bridgehead atoms. The SMILES string of the molecule is Cc1ccc(CC(=O)OCC(=O)Nc2ccc(C#N)cc2)cc1. The maximum Gasteiger partial charge on any atom is 0.310 e. The van der Waals surface area contributed by atoms with Gasteiger partial charge in [-0.1, -0.05) is 29.8 Å². The average Bonchev–Trinajstić information content (AvgIpc) is 2.56. The summed E-state index contributed by atoms with van der Waals surface area (Å²) in [5.41, 5.74) is 3.01. The van der Waals surface area contributed by atoms with Crippen LogP contribution in [-0.2, 0) is 20.7 Å². The summed E-state index contributed by atoms with van der Waals surface area (Å²) in [6.07, 6.45) is 0.129. The first kappa shape index (κ1) is 16.2. The fourth-order valence-corrected chi connectivity index (χ4v) is 1.89. The molecule has 0 fully saturated rings. The number of nitrogens with one attached hydrogen (secondary N) is 1. The van der Waals surface area contributed by atoms with Crippen LogP contribution >= 0.6 is 0 Å². The zero-order valence-corrected chi connectivity index (χ0v) is 12.7. The summed E-state index contributed by atoms with van der Waals surface area (Å²) in [6, 6.07) is 16.0. The molecule has 0 radical (unpaired) electrons. The van der Waals surface area contributed by atoms with Crippen LogP contribution in [0.15, 0.2) is 48.5 Å². The fourth-order valence-electron chi connectivity index (χ4n) is 1.89. The maximum atomic E-state index is 11.7. The highest BCUT2D eigenvalue weighted by atomic mass is 16.5. The molecule has 0 saturated heterocycles. The van der Waals surface area contributed by atoms with Crippen molar-refractivity contribution in [2.24, 2.45) is 0 Å². The molecular formula is C18H16N2O3. The Morgan fingerprint density at radius 3 is 2.35 bits per heavy atom. The van der Waals surface area contributed by atoms with E-state index >= 15 is 0 Å². The summed E-state index contributed by atoms with van der Waals surface area (Å²) < 4.78 is 4.95. The van der Waals surface area contributed by atoms with Gasteiger partial charge in [-0.15, -0.1) is 0 Å². The number of nitrogens with zero attached hydrogens (tertiary/aromatic N) is 1. The molecule has 2 aromatic rings.